The van der Waals surface area contributed by atoms with E-state index in [0.717, 1.165) is 18.6 Å². The number of likely N-dealkylation sites (tertiary alicyclic amines) is 1. The average Bonchev–Trinajstić information content (AvgIpc) is 3.32. The van der Waals surface area contributed by atoms with Crippen LogP contribution in [0.1, 0.15) is 35.0 Å². The molecule has 1 unspecified atom stereocenters. The summed E-state index contributed by atoms with van der Waals surface area (Å²) in [4.78, 5) is 21.1. The van der Waals surface area contributed by atoms with Gasteiger partial charge in [-0.15, -0.1) is 0 Å². The molecule has 9 heteroatoms. The van der Waals surface area contributed by atoms with E-state index in [-0.39, 0.29) is 23.2 Å². The molecular weight excluding hydrogens is 361 g/mol. The van der Waals surface area contributed by atoms with Gasteiger partial charge in [0.25, 0.3) is 5.91 Å². The Hall–Kier alpha value is -3.10. The van der Waals surface area contributed by atoms with Crippen LogP contribution in [0.4, 0.5) is 13.2 Å². The Morgan fingerprint density at radius 1 is 1.22 bits per heavy atom. The molecule has 3 heterocycles. The highest BCUT2D eigenvalue weighted by Gasteiger charge is 2.29. The molecule has 1 aliphatic rings. The molecule has 1 amide bonds. The van der Waals surface area contributed by atoms with Gasteiger partial charge in [-0.25, -0.2) is 13.2 Å². The Balaban J connectivity index is 1.50. The molecule has 1 aromatic carbocycles. The molecule has 140 valence electrons. The second kappa shape index (κ2) is 6.90. The van der Waals surface area contributed by atoms with Gasteiger partial charge in [0.15, 0.2) is 11.6 Å². The third-order valence-corrected chi connectivity index (χ3v) is 4.55. The smallest absolute Gasteiger partial charge is 0.253 e. The Morgan fingerprint density at radius 2 is 2.07 bits per heavy atom. The van der Waals surface area contributed by atoms with Crippen LogP contribution >= 0.6 is 0 Å². The average molecular weight is 376 g/mol. The van der Waals surface area contributed by atoms with Crippen LogP contribution < -0.4 is 0 Å². The lowest BCUT2D eigenvalue weighted by Crippen LogP contribution is -2.39. The minimum Gasteiger partial charge on any atom is -0.356 e. The number of benzene rings is 1. The number of nitrogens with one attached hydrogen (secondary N) is 1. The maximum atomic E-state index is 13.4. The van der Waals surface area contributed by atoms with Crippen LogP contribution in [0.25, 0.3) is 11.5 Å². The summed E-state index contributed by atoms with van der Waals surface area (Å²) >= 11 is 0. The molecule has 1 fully saturated rings. The molecule has 6 nitrogen and oxygen atoms in total. The summed E-state index contributed by atoms with van der Waals surface area (Å²) in [7, 11) is 0. The fourth-order valence-corrected chi connectivity index (χ4v) is 3.18. The van der Waals surface area contributed by atoms with Crippen molar-refractivity contribution in [2.24, 2.45) is 0 Å². The molecular formula is C18H15F3N4O2. The molecule has 1 saturated heterocycles. The number of carbonyl (C=O) groups excluding carboxylic acids is 1. The standard InChI is InChI=1S/C18H15F3N4O2/c19-12-7-15(22-8-12)16-23-17(27-24-16)11-2-1-5-25(9-11)18(26)10-3-4-13(20)14(21)6-10/h3-4,6-8,11,22H,1-2,5,9H2. The molecule has 0 bridgehead atoms. The van der Waals surface area contributed by atoms with E-state index in [2.05, 4.69) is 15.1 Å². The summed E-state index contributed by atoms with van der Waals surface area (Å²) in [6.45, 7) is 0.815. The molecule has 0 saturated carbocycles. The summed E-state index contributed by atoms with van der Waals surface area (Å²) < 4.78 is 44.9. The number of nitrogens with zero attached hydrogens (tertiary/aromatic N) is 3. The second-order valence-corrected chi connectivity index (χ2v) is 6.41. The van der Waals surface area contributed by atoms with Gasteiger partial charge in [0.05, 0.1) is 11.6 Å². The first-order valence-corrected chi connectivity index (χ1v) is 8.43. The third kappa shape index (κ3) is 3.44. The number of aromatic nitrogens is 3. The van der Waals surface area contributed by atoms with Gasteiger partial charge in [-0.1, -0.05) is 5.16 Å². The summed E-state index contributed by atoms with van der Waals surface area (Å²) in [6, 6.07) is 4.35. The highest BCUT2D eigenvalue weighted by Crippen LogP contribution is 2.28. The minimum absolute atomic E-state index is 0.0858. The summed E-state index contributed by atoms with van der Waals surface area (Å²) in [5, 5.41) is 3.85. The quantitative estimate of drug-likeness (QED) is 0.759. The van der Waals surface area contributed by atoms with Crippen LogP contribution in [0.5, 0.6) is 0 Å². The normalized spacial score (nSPS) is 17.3. The lowest BCUT2D eigenvalue weighted by atomic mass is 9.97. The molecule has 4 rings (SSSR count). The van der Waals surface area contributed by atoms with Crippen molar-refractivity contribution in [3.63, 3.8) is 0 Å². The van der Waals surface area contributed by atoms with Crippen LogP contribution in [-0.4, -0.2) is 39.0 Å². The van der Waals surface area contributed by atoms with Gasteiger partial charge in [-0.2, -0.15) is 4.98 Å². The molecule has 2 aromatic heterocycles. The molecule has 1 atom stereocenters. The third-order valence-electron chi connectivity index (χ3n) is 4.55. The number of carbonyl (C=O) groups is 1. The van der Waals surface area contributed by atoms with Crippen molar-refractivity contribution >= 4 is 5.91 Å². The van der Waals surface area contributed by atoms with Crippen molar-refractivity contribution < 1.29 is 22.5 Å². The van der Waals surface area contributed by atoms with Crippen molar-refractivity contribution in [2.45, 2.75) is 18.8 Å². The molecule has 0 radical (unpaired) electrons. The van der Waals surface area contributed by atoms with E-state index >= 15 is 0 Å². The summed E-state index contributed by atoms with van der Waals surface area (Å²) in [5.74, 6) is -2.48. The Labute approximate surface area is 152 Å². The van der Waals surface area contributed by atoms with E-state index in [1.165, 1.54) is 18.3 Å². The predicted molar refractivity (Wildman–Crippen MR) is 88.3 cm³/mol. The number of piperidine rings is 1. The molecule has 27 heavy (non-hydrogen) atoms. The predicted octanol–water partition coefficient (Wildman–Crippen LogP) is 3.50. The first-order chi connectivity index (χ1) is 13.0. The number of hydrogen-bond acceptors (Lipinski definition) is 4. The van der Waals surface area contributed by atoms with Crippen LogP contribution in [0.2, 0.25) is 0 Å². The van der Waals surface area contributed by atoms with Crippen molar-refractivity contribution in [3.05, 3.63) is 59.4 Å². The number of halogens is 3. The molecule has 1 N–H and O–H groups in total. The van der Waals surface area contributed by atoms with Crippen molar-refractivity contribution in [1.29, 1.82) is 0 Å². The first kappa shape index (κ1) is 17.3. The number of H-pyrrole nitrogens is 1. The highest BCUT2D eigenvalue weighted by molar-refractivity contribution is 5.94. The zero-order valence-corrected chi connectivity index (χ0v) is 14.1. The molecule has 3 aromatic rings. The number of rotatable bonds is 3. The summed E-state index contributed by atoms with van der Waals surface area (Å²) in [6.07, 6.45) is 2.63. The Bertz CT molecular complexity index is 985. The van der Waals surface area contributed by atoms with Gasteiger partial charge in [0.1, 0.15) is 5.82 Å². The SMILES string of the molecule is O=C(c1ccc(F)c(F)c1)N1CCCC(c2nc(-c3cc(F)c[nH]3)no2)C1. The monoisotopic (exact) mass is 376 g/mol. The zero-order chi connectivity index (χ0) is 19.0. The van der Waals surface area contributed by atoms with Crippen molar-refractivity contribution in [2.75, 3.05) is 13.1 Å². The van der Waals surface area contributed by atoms with Crippen LogP contribution in [0.15, 0.2) is 35.0 Å². The lowest BCUT2D eigenvalue weighted by Gasteiger charge is -2.31. The van der Waals surface area contributed by atoms with Gasteiger partial charge in [0, 0.05) is 30.9 Å². The lowest BCUT2D eigenvalue weighted by molar-refractivity contribution is 0.0695. The van der Waals surface area contributed by atoms with E-state index < -0.39 is 17.5 Å². The fraction of sp³-hybridized carbons (Fsp3) is 0.278. The number of amides is 1. The van der Waals surface area contributed by atoms with E-state index in [9.17, 15) is 18.0 Å². The Morgan fingerprint density at radius 3 is 2.81 bits per heavy atom. The maximum absolute atomic E-state index is 13.4. The topological polar surface area (TPSA) is 75.0 Å². The molecule has 0 aliphatic carbocycles. The van der Waals surface area contributed by atoms with E-state index in [1.54, 1.807) is 4.90 Å². The zero-order valence-electron chi connectivity index (χ0n) is 14.1. The van der Waals surface area contributed by atoms with Gasteiger partial charge in [-0.05, 0) is 31.0 Å². The van der Waals surface area contributed by atoms with Gasteiger partial charge >= 0.3 is 0 Å². The van der Waals surface area contributed by atoms with Crippen molar-refractivity contribution in [3.8, 4) is 11.5 Å². The Kier molecular flexibility index (Phi) is 4.43. The van der Waals surface area contributed by atoms with Crippen LogP contribution in [-0.2, 0) is 0 Å². The van der Waals surface area contributed by atoms with Crippen LogP contribution in [0, 0.1) is 17.5 Å². The fourth-order valence-electron chi connectivity index (χ4n) is 3.18. The summed E-state index contributed by atoms with van der Waals surface area (Å²) in [5.41, 5.74) is 0.482. The van der Waals surface area contributed by atoms with Gasteiger partial charge in [0.2, 0.25) is 11.7 Å². The number of hydrogen-bond donors (Lipinski definition) is 1. The van der Waals surface area contributed by atoms with E-state index in [1.807, 2.05) is 0 Å². The van der Waals surface area contributed by atoms with E-state index in [0.29, 0.717) is 31.1 Å². The van der Waals surface area contributed by atoms with Gasteiger partial charge < -0.3 is 14.4 Å². The molecule has 1 aliphatic heterocycles. The van der Waals surface area contributed by atoms with Crippen molar-refractivity contribution in [1.82, 2.24) is 20.0 Å². The largest absolute Gasteiger partial charge is 0.356 e. The van der Waals surface area contributed by atoms with Crippen LogP contribution in [0.3, 0.4) is 0 Å². The maximum Gasteiger partial charge on any atom is 0.253 e. The number of aromatic amines is 1. The van der Waals surface area contributed by atoms with E-state index in [4.69, 9.17) is 4.52 Å². The highest BCUT2D eigenvalue weighted by atomic mass is 19.2. The van der Waals surface area contributed by atoms with Gasteiger partial charge in [-0.3, -0.25) is 4.79 Å². The minimum atomic E-state index is -1.06. The first-order valence-electron chi connectivity index (χ1n) is 8.43. The molecule has 0 spiro atoms. The second-order valence-electron chi connectivity index (χ2n) is 6.41.